The number of hydrogen-bond acceptors (Lipinski definition) is 3. The summed E-state index contributed by atoms with van der Waals surface area (Å²) in [6.07, 6.45) is 0.714. The van der Waals surface area contributed by atoms with Crippen LogP contribution in [0.2, 0.25) is 0 Å². The summed E-state index contributed by atoms with van der Waals surface area (Å²) in [5, 5.41) is 8.54. The van der Waals surface area contributed by atoms with Crippen LogP contribution in [-0.4, -0.2) is 17.1 Å². The van der Waals surface area contributed by atoms with E-state index in [4.69, 9.17) is 9.51 Å². The number of carbonyl (C=O) groups is 1. The summed E-state index contributed by atoms with van der Waals surface area (Å²) in [5.74, 6) is -0.954. The average Bonchev–Trinajstić information content (AvgIpc) is 1.98. The molecule has 0 fully saturated rings. The normalized spacial score (nSPS) is 12.9. The van der Waals surface area contributed by atoms with Crippen LogP contribution in [0.4, 0.5) is 0 Å². The summed E-state index contributed by atoms with van der Waals surface area (Å²) in [5.41, 5.74) is 0.196. The van der Waals surface area contributed by atoms with Gasteiger partial charge in [0.05, 0.1) is 0 Å². The summed E-state index contributed by atoms with van der Waals surface area (Å²) in [6.45, 7) is 5.34. The number of rotatable bonds is 5. The fraction of sp³-hybridized carbons (Fsp3) is 0.500. The van der Waals surface area contributed by atoms with Crippen molar-refractivity contribution in [2.75, 3.05) is 0 Å². The third-order valence-electron chi connectivity index (χ3n) is 1.28. The van der Waals surface area contributed by atoms with Crippen molar-refractivity contribution in [3.8, 4) is 0 Å². The molecular formula is C6H12IrN2O2. The summed E-state index contributed by atoms with van der Waals surface area (Å²) in [7, 11) is 0. The summed E-state index contributed by atoms with van der Waals surface area (Å²) >= 11 is -0.687. The van der Waals surface area contributed by atoms with Crippen molar-refractivity contribution < 1.29 is 28.1 Å². The summed E-state index contributed by atoms with van der Waals surface area (Å²) < 4.78 is 8.26. The van der Waals surface area contributed by atoms with Gasteiger partial charge >= 0.3 is 74.0 Å². The second kappa shape index (κ2) is 5.43. The van der Waals surface area contributed by atoms with E-state index in [0.717, 1.165) is 0 Å². The fourth-order valence-corrected chi connectivity index (χ4v) is 1.98. The number of carboxylic acid groups (broad SMARTS) is 1. The molecule has 0 radical (unpaired) electrons. The van der Waals surface area contributed by atoms with Gasteiger partial charge in [-0.2, -0.15) is 0 Å². The molecule has 11 heavy (non-hydrogen) atoms. The van der Waals surface area contributed by atoms with Gasteiger partial charge in [-0.3, -0.25) is 0 Å². The van der Waals surface area contributed by atoms with Gasteiger partial charge < -0.3 is 0 Å². The number of nitrogens with one attached hydrogen (secondary N) is 1. The molecule has 0 heterocycles. The van der Waals surface area contributed by atoms with E-state index in [-0.39, 0.29) is 11.6 Å². The van der Waals surface area contributed by atoms with Gasteiger partial charge in [0, 0.05) is 0 Å². The van der Waals surface area contributed by atoms with Gasteiger partial charge in [-0.05, 0) is 0 Å². The van der Waals surface area contributed by atoms with Crippen LogP contribution in [0.25, 0.3) is 0 Å². The van der Waals surface area contributed by atoms with E-state index < -0.39 is 24.1 Å². The molecule has 0 bridgehead atoms. The first-order valence-electron chi connectivity index (χ1n) is 3.08. The zero-order chi connectivity index (χ0) is 8.85. The SMILES string of the molecule is C=C(C(=O)O)C(CC)[NH][Ir][NH2]. The van der Waals surface area contributed by atoms with E-state index in [1.807, 2.05) is 6.92 Å². The molecule has 0 aliphatic carbocycles. The topological polar surface area (TPSA) is 75.3 Å². The van der Waals surface area contributed by atoms with Crippen molar-refractivity contribution in [1.29, 1.82) is 0 Å². The molecule has 0 aromatic heterocycles. The number of aliphatic carboxylic acids is 1. The van der Waals surface area contributed by atoms with Crippen LogP contribution >= 0.6 is 0 Å². The Labute approximate surface area is 74.4 Å². The van der Waals surface area contributed by atoms with E-state index in [9.17, 15) is 4.79 Å². The maximum atomic E-state index is 10.4. The Bertz CT molecular complexity index is 161. The molecule has 4 N–H and O–H groups in total. The van der Waals surface area contributed by atoms with Crippen LogP contribution in [0.3, 0.4) is 0 Å². The van der Waals surface area contributed by atoms with Gasteiger partial charge in [0.1, 0.15) is 0 Å². The van der Waals surface area contributed by atoms with Crippen LogP contribution in [0.1, 0.15) is 13.3 Å². The molecule has 0 aliphatic heterocycles. The van der Waals surface area contributed by atoms with Crippen molar-refractivity contribution in [3.05, 3.63) is 12.2 Å². The number of nitrogens with two attached hydrogens (primary N) is 1. The summed E-state index contributed by atoms with van der Waals surface area (Å²) in [4.78, 5) is 10.4. The quantitative estimate of drug-likeness (QED) is 0.611. The van der Waals surface area contributed by atoms with Crippen molar-refractivity contribution in [2.45, 2.75) is 19.4 Å². The fourth-order valence-electron chi connectivity index (χ4n) is 0.589. The Morgan fingerprint density at radius 2 is 2.45 bits per heavy atom. The van der Waals surface area contributed by atoms with Crippen molar-refractivity contribution in [1.82, 2.24) is 3.99 Å². The molecule has 4 nitrogen and oxygen atoms in total. The first-order valence-corrected chi connectivity index (χ1v) is 5.66. The van der Waals surface area contributed by atoms with Gasteiger partial charge in [0.15, 0.2) is 0 Å². The van der Waals surface area contributed by atoms with Gasteiger partial charge in [-0.25, -0.2) is 0 Å². The Hall–Kier alpha value is -0.221. The molecule has 0 aromatic rings. The van der Waals surface area contributed by atoms with E-state index in [0.29, 0.717) is 6.42 Å². The molecule has 0 saturated heterocycles. The van der Waals surface area contributed by atoms with Crippen LogP contribution in [0.15, 0.2) is 12.2 Å². The Morgan fingerprint density at radius 1 is 1.91 bits per heavy atom. The van der Waals surface area contributed by atoms with Crippen molar-refractivity contribution in [2.24, 2.45) is 4.40 Å². The Morgan fingerprint density at radius 3 is 2.73 bits per heavy atom. The standard InChI is InChI=1S/C6H10NO2.Ir.H2N/c1-3-5(7)4(2)6(8)9;;/h5,7H,2-3H2,1H3,(H,8,9);;1H2/q-1;+2;-1. The van der Waals surface area contributed by atoms with Gasteiger partial charge in [-0.15, -0.1) is 0 Å². The predicted molar refractivity (Wildman–Crippen MR) is 38.2 cm³/mol. The minimum absolute atomic E-state index is 0.155. The maximum absolute atomic E-state index is 10.4. The zero-order valence-electron chi connectivity index (χ0n) is 6.26. The molecule has 0 rings (SSSR count). The summed E-state index contributed by atoms with van der Waals surface area (Å²) in [6, 6.07) is -0.155. The Kier molecular flexibility index (Phi) is 5.32. The first-order chi connectivity index (χ1) is 5.13. The molecule has 1 unspecified atom stereocenters. The van der Waals surface area contributed by atoms with E-state index in [1.165, 1.54) is 0 Å². The molecular weight excluding hydrogens is 324 g/mol. The molecule has 5 heteroatoms. The monoisotopic (exact) mass is 337 g/mol. The van der Waals surface area contributed by atoms with Crippen LogP contribution < -0.4 is 8.39 Å². The number of carboxylic acids is 1. The molecule has 67 valence electrons. The molecule has 0 aromatic carbocycles. The third-order valence-corrected chi connectivity index (χ3v) is 2.51. The predicted octanol–water partition coefficient (Wildman–Crippen LogP) is -0.133. The Balaban J connectivity index is 4.02. The van der Waals surface area contributed by atoms with E-state index >= 15 is 0 Å². The van der Waals surface area contributed by atoms with Crippen LogP contribution in [-0.2, 0) is 23.0 Å². The van der Waals surface area contributed by atoms with Crippen LogP contribution in [0.5, 0.6) is 0 Å². The van der Waals surface area contributed by atoms with Gasteiger partial charge in [0.2, 0.25) is 0 Å². The molecule has 0 aliphatic rings. The minimum atomic E-state index is -0.954. The van der Waals surface area contributed by atoms with Gasteiger partial charge in [-0.1, -0.05) is 0 Å². The van der Waals surface area contributed by atoms with Crippen LogP contribution in [0, 0.1) is 0 Å². The van der Waals surface area contributed by atoms with Gasteiger partial charge in [0.25, 0.3) is 0 Å². The third kappa shape index (κ3) is 3.62. The molecule has 1 atom stereocenters. The van der Waals surface area contributed by atoms with Crippen molar-refractivity contribution >= 4 is 5.97 Å². The molecule has 0 saturated carbocycles. The zero-order valence-corrected chi connectivity index (χ0v) is 8.65. The average molecular weight is 336 g/mol. The molecule has 0 spiro atoms. The van der Waals surface area contributed by atoms with E-state index in [1.54, 1.807) is 0 Å². The number of hydrogen-bond donors (Lipinski definition) is 3. The van der Waals surface area contributed by atoms with E-state index in [2.05, 4.69) is 10.6 Å². The second-order valence-electron chi connectivity index (χ2n) is 1.98. The van der Waals surface area contributed by atoms with Crippen molar-refractivity contribution in [3.63, 3.8) is 0 Å². The molecule has 0 amide bonds. The first kappa shape index (κ1) is 10.8. The second-order valence-corrected chi connectivity index (χ2v) is 3.37.